The number of benzene rings is 1. The van der Waals surface area contributed by atoms with E-state index < -0.39 is 0 Å². The van der Waals surface area contributed by atoms with Crippen LogP contribution in [0.15, 0.2) is 42.6 Å². The summed E-state index contributed by atoms with van der Waals surface area (Å²) >= 11 is 0. The molecule has 0 unspecified atom stereocenters. The molecule has 0 saturated carbocycles. The van der Waals surface area contributed by atoms with Gasteiger partial charge in [0.05, 0.1) is 6.61 Å². The van der Waals surface area contributed by atoms with Gasteiger partial charge in [0.2, 0.25) is 0 Å². The standard InChI is InChI=1S/C14H16N2O/c1-11-5-6-15-14(7-11)16-9-12-3-2-4-13(8-12)10-17/h2-8,17H,9-10H2,1H3,(H,15,16). The van der Waals surface area contributed by atoms with Crippen LogP contribution in [0.2, 0.25) is 0 Å². The van der Waals surface area contributed by atoms with Crippen molar-refractivity contribution in [2.24, 2.45) is 0 Å². The molecular weight excluding hydrogens is 212 g/mol. The second kappa shape index (κ2) is 5.46. The zero-order valence-corrected chi connectivity index (χ0v) is 9.85. The van der Waals surface area contributed by atoms with E-state index in [9.17, 15) is 0 Å². The Morgan fingerprint density at radius 2 is 2.00 bits per heavy atom. The summed E-state index contributed by atoms with van der Waals surface area (Å²) in [6.07, 6.45) is 1.79. The molecule has 0 bridgehead atoms. The summed E-state index contributed by atoms with van der Waals surface area (Å²) in [6, 6.07) is 11.9. The lowest BCUT2D eigenvalue weighted by atomic mass is 10.1. The number of pyridine rings is 1. The molecule has 3 nitrogen and oxygen atoms in total. The summed E-state index contributed by atoms with van der Waals surface area (Å²) in [5.74, 6) is 0.874. The fourth-order valence-corrected chi connectivity index (χ4v) is 1.66. The predicted molar refractivity (Wildman–Crippen MR) is 68.7 cm³/mol. The topological polar surface area (TPSA) is 45.2 Å². The van der Waals surface area contributed by atoms with Crippen molar-refractivity contribution in [3.63, 3.8) is 0 Å². The van der Waals surface area contributed by atoms with Crippen molar-refractivity contribution in [1.82, 2.24) is 4.98 Å². The number of nitrogens with one attached hydrogen (secondary N) is 1. The normalized spacial score (nSPS) is 10.2. The number of anilines is 1. The molecule has 0 aliphatic rings. The number of nitrogens with zero attached hydrogens (tertiary/aromatic N) is 1. The maximum atomic E-state index is 9.05. The minimum atomic E-state index is 0.0799. The molecule has 88 valence electrons. The van der Waals surface area contributed by atoms with Crippen LogP contribution < -0.4 is 5.32 Å². The molecular formula is C14H16N2O. The first-order valence-corrected chi connectivity index (χ1v) is 5.63. The quantitative estimate of drug-likeness (QED) is 0.845. The first-order chi connectivity index (χ1) is 8.28. The third kappa shape index (κ3) is 3.29. The van der Waals surface area contributed by atoms with Crippen molar-refractivity contribution >= 4 is 5.82 Å². The van der Waals surface area contributed by atoms with E-state index in [1.165, 1.54) is 5.56 Å². The van der Waals surface area contributed by atoms with Crippen LogP contribution in [0, 0.1) is 6.92 Å². The third-order valence-electron chi connectivity index (χ3n) is 2.56. The van der Waals surface area contributed by atoms with E-state index in [1.54, 1.807) is 6.20 Å². The highest BCUT2D eigenvalue weighted by Gasteiger charge is 1.97. The Balaban J connectivity index is 2.02. The van der Waals surface area contributed by atoms with Gasteiger partial charge in [-0.05, 0) is 35.7 Å². The smallest absolute Gasteiger partial charge is 0.126 e. The fourth-order valence-electron chi connectivity index (χ4n) is 1.66. The van der Waals surface area contributed by atoms with E-state index in [0.717, 1.165) is 16.9 Å². The summed E-state index contributed by atoms with van der Waals surface area (Å²) in [5, 5.41) is 12.3. The lowest BCUT2D eigenvalue weighted by molar-refractivity contribution is 0.281. The number of aromatic nitrogens is 1. The van der Waals surface area contributed by atoms with Gasteiger partial charge in [0.15, 0.2) is 0 Å². The van der Waals surface area contributed by atoms with E-state index in [-0.39, 0.29) is 6.61 Å². The van der Waals surface area contributed by atoms with Gasteiger partial charge < -0.3 is 10.4 Å². The van der Waals surface area contributed by atoms with Crippen LogP contribution in [0.5, 0.6) is 0 Å². The van der Waals surface area contributed by atoms with Crippen molar-refractivity contribution in [2.45, 2.75) is 20.1 Å². The lowest BCUT2D eigenvalue weighted by Gasteiger charge is -2.07. The molecule has 0 saturated heterocycles. The SMILES string of the molecule is Cc1ccnc(NCc2cccc(CO)c2)c1. The fraction of sp³-hybridized carbons (Fsp3) is 0.214. The predicted octanol–water partition coefficient (Wildman–Crippen LogP) is 2.49. The van der Waals surface area contributed by atoms with E-state index >= 15 is 0 Å². The number of aliphatic hydroxyl groups excluding tert-OH is 1. The molecule has 0 atom stereocenters. The van der Waals surface area contributed by atoms with Crippen molar-refractivity contribution in [2.75, 3.05) is 5.32 Å². The Kier molecular flexibility index (Phi) is 3.73. The van der Waals surface area contributed by atoms with Crippen LogP contribution in [0.1, 0.15) is 16.7 Å². The number of hydrogen-bond donors (Lipinski definition) is 2. The molecule has 3 heteroatoms. The van der Waals surface area contributed by atoms with Crippen molar-refractivity contribution < 1.29 is 5.11 Å². The van der Waals surface area contributed by atoms with Gasteiger partial charge in [-0.3, -0.25) is 0 Å². The number of hydrogen-bond acceptors (Lipinski definition) is 3. The van der Waals surface area contributed by atoms with Gasteiger partial charge in [0.1, 0.15) is 5.82 Å². The first-order valence-electron chi connectivity index (χ1n) is 5.63. The molecule has 0 fully saturated rings. The Hall–Kier alpha value is -1.87. The number of rotatable bonds is 4. The zero-order valence-electron chi connectivity index (χ0n) is 9.85. The molecule has 0 aliphatic heterocycles. The summed E-state index contributed by atoms with van der Waals surface area (Å²) in [6.45, 7) is 2.83. The third-order valence-corrected chi connectivity index (χ3v) is 2.56. The van der Waals surface area contributed by atoms with Gasteiger partial charge in [-0.1, -0.05) is 24.3 Å². The van der Waals surface area contributed by atoms with Crippen LogP contribution in [-0.2, 0) is 13.2 Å². The monoisotopic (exact) mass is 228 g/mol. The zero-order chi connectivity index (χ0) is 12.1. The van der Waals surface area contributed by atoms with Gasteiger partial charge in [0.25, 0.3) is 0 Å². The Bertz CT molecular complexity index is 497. The van der Waals surface area contributed by atoms with Crippen LogP contribution in [0.25, 0.3) is 0 Å². The largest absolute Gasteiger partial charge is 0.392 e. The second-order valence-electron chi connectivity index (χ2n) is 4.05. The Labute approximate surface area is 101 Å². The number of aliphatic hydroxyl groups is 1. The van der Waals surface area contributed by atoms with E-state index in [4.69, 9.17) is 5.11 Å². The van der Waals surface area contributed by atoms with Crippen LogP contribution in [-0.4, -0.2) is 10.1 Å². The summed E-state index contributed by atoms with van der Waals surface area (Å²) in [7, 11) is 0. The van der Waals surface area contributed by atoms with Crippen LogP contribution >= 0.6 is 0 Å². The summed E-state index contributed by atoms with van der Waals surface area (Å²) in [4.78, 5) is 4.24. The highest BCUT2D eigenvalue weighted by atomic mass is 16.3. The van der Waals surface area contributed by atoms with Crippen molar-refractivity contribution in [1.29, 1.82) is 0 Å². The van der Waals surface area contributed by atoms with Crippen LogP contribution in [0.3, 0.4) is 0 Å². The molecule has 0 radical (unpaired) electrons. The molecule has 2 rings (SSSR count). The average molecular weight is 228 g/mol. The first kappa shape index (κ1) is 11.6. The van der Waals surface area contributed by atoms with E-state index in [0.29, 0.717) is 6.54 Å². The summed E-state index contributed by atoms with van der Waals surface area (Å²) in [5.41, 5.74) is 3.26. The molecule has 0 amide bonds. The molecule has 1 heterocycles. The molecule has 1 aromatic carbocycles. The minimum Gasteiger partial charge on any atom is -0.392 e. The summed E-state index contributed by atoms with van der Waals surface area (Å²) < 4.78 is 0. The van der Waals surface area contributed by atoms with E-state index in [2.05, 4.69) is 10.3 Å². The van der Waals surface area contributed by atoms with Gasteiger partial charge in [-0.25, -0.2) is 4.98 Å². The van der Waals surface area contributed by atoms with Crippen LogP contribution in [0.4, 0.5) is 5.82 Å². The van der Waals surface area contributed by atoms with E-state index in [1.807, 2.05) is 43.3 Å². The molecule has 0 spiro atoms. The molecule has 2 aromatic rings. The van der Waals surface area contributed by atoms with Crippen molar-refractivity contribution in [3.05, 3.63) is 59.3 Å². The number of aryl methyl sites for hydroxylation is 1. The van der Waals surface area contributed by atoms with Crippen molar-refractivity contribution in [3.8, 4) is 0 Å². The molecule has 17 heavy (non-hydrogen) atoms. The maximum Gasteiger partial charge on any atom is 0.126 e. The molecule has 0 aliphatic carbocycles. The molecule has 1 aromatic heterocycles. The second-order valence-corrected chi connectivity index (χ2v) is 4.05. The highest BCUT2D eigenvalue weighted by Crippen LogP contribution is 2.09. The van der Waals surface area contributed by atoms with Gasteiger partial charge in [0, 0.05) is 12.7 Å². The minimum absolute atomic E-state index is 0.0799. The Morgan fingerprint density at radius 1 is 1.18 bits per heavy atom. The van der Waals surface area contributed by atoms with Gasteiger partial charge >= 0.3 is 0 Å². The lowest BCUT2D eigenvalue weighted by Crippen LogP contribution is -2.01. The molecule has 2 N–H and O–H groups in total. The Morgan fingerprint density at radius 3 is 2.76 bits per heavy atom. The average Bonchev–Trinajstić information content (AvgIpc) is 2.37. The van der Waals surface area contributed by atoms with Gasteiger partial charge in [-0.2, -0.15) is 0 Å². The highest BCUT2D eigenvalue weighted by molar-refractivity contribution is 5.38. The van der Waals surface area contributed by atoms with Gasteiger partial charge in [-0.15, -0.1) is 0 Å². The maximum absolute atomic E-state index is 9.05.